The van der Waals surface area contributed by atoms with Gasteiger partial charge in [-0.1, -0.05) is 6.92 Å². The predicted molar refractivity (Wildman–Crippen MR) is 80.7 cm³/mol. The highest BCUT2D eigenvalue weighted by Crippen LogP contribution is 2.14. The first-order valence-electron chi connectivity index (χ1n) is 7.20. The summed E-state index contributed by atoms with van der Waals surface area (Å²) in [7, 11) is 1.62. The van der Waals surface area contributed by atoms with Gasteiger partial charge in [-0.25, -0.2) is 0 Å². The summed E-state index contributed by atoms with van der Waals surface area (Å²) in [6.07, 6.45) is 3.26. The molecule has 0 spiro atoms. The van der Waals surface area contributed by atoms with E-state index in [1.807, 2.05) is 0 Å². The Morgan fingerprint density at radius 1 is 1.35 bits per heavy atom. The van der Waals surface area contributed by atoms with Gasteiger partial charge in [0, 0.05) is 25.1 Å². The summed E-state index contributed by atoms with van der Waals surface area (Å²) < 4.78 is 5.09. The van der Waals surface area contributed by atoms with Crippen LogP contribution in [0.1, 0.15) is 36.5 Å². The molecule has 4 heteroatoms. The fourth-order valence-corrected chi connectivity index (χ4v) is 2.44. The summed E-state index contributed by atoms with van der Waals surface area (Å²) in [5.74, 6) is 1.91. The van der Waals surface area contributed by atoms with Gasteiger partial charge in [-0.15, -0.1) is 0 Å². The quantitative estimate of drug-likeness (QED) is 0.749. The Balaban J connectivity index is 1.96. The molecule has 1 fully saturated rings. The van der Waals surface area contributed by atoms with Crippen molar-refractivity contribution >= 4 is 11.6 Å². The minimum Gasteiger partial charge on any atom is -0.497 e. The van der Waals surface area contributed by atoms with Crippen LogP contribution >= 0.6 is 0 Å². The SMILES string of the molecule is CCCN1CCC/C1=N\CC(=O)c1ccc(OC)cc1. The summed E-state index contributed by atoms with van der Waals surface area (Å²) in [6.45, 7) is 4.51. The van der Waals surface area contributed by atoms with Gasteiger partial charge in [-0.3, -0.25) is 9.79 Å². The van der Waals surface area contributed by atoms with Crippen molar-refractivity contribution in [2.75, 3.05) is 26.7 Å². The van der Waals surface area contributed by atoms with Crippen LogP contribution in [0.4, 0.5) is 0 Å². The maximum atomic E-state index is 12.1. The molecule has 0 aliphatic carbocycles. The highest BCUT2D eigenvalue weighted by molar-refractivity contribution is 5.99. The van der Waals surface area contributed by atoms with Gasteiger partial charge in [-0.05, 0) is 37.1 Å². The van der Waals surface area contributed by atoms with Crippen LogP contribution in [0.2, 0.25) is 0 Å². The number of aliphatic imine (C=N–C) groups is 1. The number of hydrogen-bond donors (Lipinski definition) is 0. The van der Waals surface area contributed by atoms with Crippen molar-refractivity contribution in [3.8, 4) is 5.75 Å². The highest BCUT2D eigenvalue weighted by Gasteiger charge is 2.17. The molecule has 0 unspecified atom stereocenters. The van der Waals surface area contributed by atoms with Crippen LogP contribution in [0.3, 0.4) is 0 Å². The molecule has 0 amide bonds. The van der Waals surface area contributed by atoms with Crippen molar-refractivity contribution in [2.45, 2.75) is 26.2 Å². The first-order chi connectivity index (χ1) is 9.74. The number of ether oxygens (including phenoxy) is 1. The minimum atomic E-state index is 0.0588. The van der Waals surface area contributed by atoms with Gasteiger partial charge in [0.1, 0.15) is 12.3 Å². The fourth-order valence-electron chi connectivity index (χ4n) is 2.44. The van der Waals surface area contributed by atoms with Crippen LogP contribution in [0.25, 0.3) is 0 Å². The molecule has 0 N–H and O–H groups in total. The Bertz CT molecular complexity index is 480. The minimum absolute atomic E-state index is 0.0588. The molecule has 1 aromatic rings. The molecule has 2 rings (SSSR count). The van der Waals surface area contributed by atoms with Crippen molar-refractivity contribution in [3.05, 3.63) is 29.8 Å². The molecule has 1 aliphatic rings. The van der Waals surface area contributed by atoms with Crippen molar-refractivity contribution in [2.24, 2.45) is 4.99 Å². The molecule has 20 heavy (non-hydrogen) atoms. The number of amidine groups is 1. The van der Waals surface area contributed by atoms with Gasteiger partial charge < -0.3 is 9.64 Å². The van der Waals surface area contributed by atoms with E-state index in [0.717, 1.165) is 43.9 Å². The monoisotopic (exact) mass is 274 g/mol. The van der Waals surface area contributed by atoms with Gasteiger partial charge in [0.25, 0.3) is 0 Å². The molecule has 4 nitrogen and oxygen atoms in total. The van der Waals surface area contributed by atoms with E-state index in [4.69, 9.17) is 4.74 Å². The number of carbonyl (C=O) groups excluding carboxylic acids is 1. The van der Waals surface area contributed by atoms with Crippen LogP contribution in [-0.4, -0.2) is 43.3 Å². The number of benzene rings is 1. The second kappa shape index (κ2) is 7.08. The Hall–Kier alpha value is -1.84. The molecule has 108 valence electrons. The normalized spacial score (nSPS) is 16.7. The highest BCUT2D eigenvalue weighted by atomic mass is 16.5. The maximum absolute atomic E-state index is 12.1. The molecule has 0 aromatic heterocycles. The van der Waals surface area contributed by atoms with E-state index in [1.54, 1.807) is 31.4 Å². The molecule has 0 radical (unpaired) electrons. The first-order valence-corrected chi connectivity index (χ1v) is 7.20. The average Bonchev–Trinajstić information content (AvgIpc) is 2.92. The van der Waals surface area contributed by atoms with Gasteiger partial charge in [0.2, 0.25) is 0 Å². The lowest BCUT2D eigenvalue weighted by Crippen LogP contribution is -2.26. The van der Waals surface area contributed by atoms with E-state index in [0.29, 0.717) is 5.56 Å². The van der Waals surface area contributed by atoms with E-state index in [9.17, 15) is 4.79 Å². The first kappa shape index (κ1) is 14.6. The third kappa shape index (κ3) is 3.59. The summed E-state index contributed by atoms with van der Waals surface area (Å²) >= 11 is 0. The molecule has 1 aromatic carbocycles. The molecule has 1 heterocycles. The average molecular weight is 274 g/mol. The third-order valence-corrected chi connectivity index (χ3v) is 3.50. The maximum Gasteiger partial charge on any atom is 0.184 e. The van der Waals surface area contributed by atoms with Crippen LogP contribution in [-0.2, 0) is 0 Å². The Labute approximate surface area is 120 Å². The van der Waals surface area contributed by atoms with Crippen LogP contribution in [0, 0.1) is 0 Å². The largest absolute Gasteiger partial charge is 0.497 e. The number of rotatable bonds is 6. The zero-order chi connectivity index (χ0) is 14.4. The van der Waals surface area contributed by atoms with Gasteiger partial charge >= 0.3 is 0 Å². The standard InChI is InChI=1S/C16H22N2O2/c1-3-10-18-11-4-5-16(18)17-12-15(19)13-6-8-14(20-2)9-7-13/h6-9H,3-5,10-12H2,1-2H3/b17-16+. The van der Waals surface area contributed by atoms with Crippen molar-refractivity contribution in [3.63, 3.8) is 0 Å². The molecule has 1 aliphatic heterocycles. The van der Waals surface area contributed by atoms with Crippen LogP contribution in [0.15, 0.2) is 29.3 Å². The summed E-state index contributed by atoms with van der Waals surface area (Å²) in [5.41, 5.74) is 0.690. The van der Waals surface area contributed by atoms with E-state index >= 15 is 0 Å². The number of Topliss-reactive ketones (excluding diaryl/α,β-unsaturated/α-hetero) is 1. The van der Waals surface area contributed by atoms with E-state index in [2.05, 4.69) is 16.8 Å². The topological polar surface area (TPSA) is 41.9 Å². The molecular formula is C16H22N2O2. The van der Waals surface area contributed by atoms with Gasteiger partial charge in [0.05, 0.1) is 12.9 Å². The number of carbonyl (C=O) groups is 1. The lowest BCUT2D eigenvalue weighted by atomic mass is 10.1. The lowest BCUT2D eigenvalue weighted by Gasteiger charge is -2.17. The number of hydrogen-bond acceptors (Lipinski definition) is 3. The summed E-state index contributed by atoms with van der Waals surface area (Å²) in [4.78, 5) is 18.9. The smallest absolute Gasteiger partial charge is 0.184 e. The number of methoxy groups -OCH3 is 1. The molecular weight excluding hydrogens is 252 g/mol. The summed E-state index contributed by atoms with van der Waals surface area (Å²) in [5, 5.41) is 0. The van der Waals surface area contributed by atoms with E-state index in [1.165, 1.54) is 0 Å². The molecule has 0 saturated carbocycles. The zero-order valence-electron chi connectivity index (χ0n) is 12.3. The molecule has 1 saturated heterocycles. The van der Waals surface area contributed by atoms with E-state index in [-0.39, 0.29) is 12.3 Å². The van der Waals surface area contributed by atoms with Crippen molar-refractivity contribution < 1.29 is 9.53 Å². The zero-order valence-corrected chi connectivity index (χ0v) is 12.3. The van der Waals surface area contributed by atoms with Crippen LogP contribution in [0.5, 0.6) is 5.75 Å². The number of nitrogens with zero attached hydrogens (tertiary/aromatic N) is 2. The Morgan fingerprint density at radius 2 is 2.10 bits per heavy atom. The van der Waals surface area contributed by atoms with Crippen LogP contribution < -0.4 is 4.74 Å². The summed E-state index contributed by atoms with van der Waals surface area (Å²) in [6, 6.07) is 7.19. The Morgan fingerprint density at radius 3 is 2.75 bits per heavy atom. The lowest BCUT2D eigenvalue weighted by molar-refractivity contribution is 0.100. The fraction of sp³-hybridized carbons (Fsp3) is 0.500. The predicted octanol–water partition coefficient (Wildman–Crippen LogP) is 2.78. The van der Waals surface area contributed by atoms with E-state index < -0.39 is 0 Å². The second-order valence-electron chi connectivity index (χ2n) is 4.97. The second-order valence-corrected chi connectivity index (χ2v) is 4.97. The van der Waals surface area contributed by atoms with Crippen molar-refractivity contribution in [1.82, 2.24) is 4.90 Å². The van der Waals surface area contributed by atoms with Gasteiger partial charge in [0.15, 0.2) is 5.78 Å². The number of ketones is 1. The molecule has 0 atom stereocenters. The van der Waals surface area contributed by atoms with Crippen molar-refractivity contribution in [1.29, 1.82) is 0 Å². The van der Waals surface area contributed by atoms with Gasteiger partial charge in [-0.2, -0.15) is 0 Å². The third-order valence-electron chi connectivity index (χ3n) is 3.50. The number of likely N-dealkylation sites (tertiary alicyclic amines) is 1. The Kier molecular flexibility index (Phi) is 5.16. The molecule has 0 bridgehead atoms.